The van der Waals surface area contributed by atoms with Gasteiger partial charge in [-0.3, -0.25) is 9.36 Å². The smallest absolute Gasteiger partial charge is 0.255 e. The van der Waals surface area contributed by atoms with E-state index in [9.17, 15) is 13.6 Å². The topological polar surface area (TPSA) is 75.7 Å². The van der Waals surface area contributed by atoms with Crippen LogP contribution in [0.5, 0.6) is 0 Å². The van der Waals surface area contributed by atoms with E-state index in [-0.39, 0.29) is 29.0 Å². The summed E-state index contributed by atoms with van der Waals surface area (Å²) in [4.78, 5) is 23.5. The molecule has 0 aliphatic heterocycles. The van der Waals surface area contributed by atoms with Gasteiger partial charge in [0.25, 0.3) is 5.91 Å². The van der Waals surface area contributed by atoms with Crippen molar-refractivity contribution in [3.63, 3.8) is 0 Å². The second kappa shape index (κ2) is 15.7. The summed E-state index contributed by atoms with van der Waals surface area (Å²) in [6, 6.07) is 7.40. The van der Waals surface area contributed by atoms with Crippen LogP contribution in [0, 0.1) is 23.5 Å². The number of aromatic nitrogens is 3. The van der Waals surface area contributed by atoms with Gasteiger partial charge in [-0.2, -0.15) is 10.2 Å². The fourth-order valence-corrected chi connectivity index (χ4v) is 4.71. The van der Waals surface area contributed by atoms with Gasteiger partial charge in [0.05, 0.1) is 23.4 Å². The highest BCUT2D eigenvalue weighted by Gasteiger charge is 2.23. The van der Waals surface area contributed by atoms with E-state index in [4.69, 9.17) is 0 Å². The van der Waals surface area contributed by atoms with Crippen LogP contribution in [0.25, 0.3) is 11.5 Å². The molecule has 9 heteroatoms. The first-order chi connectivity index (χ1) is 19.9. The molecule has 1 amide bonds. The average molecular weight is 563 g/mol. The molecular formula is C32H40F2N6O. The van der Waals surface area contributed by atoms with E-state index < -0.39 is 11.6 Å². The first-order valence-corrected chi connectivity index (χ1v) is 14.4. The van der Waals surface area contributed by atoms with Crippen molar-refractivity contribution < 1.29 is 13.6 Å². The third-order valence-corrected chi connectivity index (χ3v) is 7.07. The molecule has 1 aromatic carbocycles. The number of allylic oxidation sites excluding steroid dienone is 2. The third-order valence-electron chi connectivity index (χ3n) is 7.07. The molecule has 2 aromatic heterocycles. The summed E-state index contributed by atoms with van der Waals surface area (Å²) in [6.45, 7) is 11.4. The lowest BCUT2D eigenvalue weighted by Crippen LogP contribution is -2.32. The van der Waals surface area contributed by atoms with Gasteiger partial charge in [-0.15, -0.1) is 0 Å². The summed E-state index contributed by atoms with van der Waals surface area (Å²) in [7, 11) is 0. The minimum absolute atomic E-state index is 0.0259. The van der Waals surface area contributed by atoms with Crippen molar-refractivity contribution in [3.05, 3.63) is 95.7 Å². The Morgan fingerprint density at radius 1 is 1.17 bits per heavy atom. The van der Waals surface area contributed by atoms with Crippen molar-refractivity contribution in [1.82, 2.24) is 19.4 Å². The molecule has 2 atom stereocenters. The Bertz CT molecular complexity index is 1330. The number of pyridine rings is 1. The van der Waals surface area contributed by atoms with Gasteiger partial charge in [0, 0.05) is 31.7 Å². The number of azo groups is 1. The number of likely N-dealkylation sites (N-methyl/N-ethyl adjacent to an activating group) is 1. The van der Waals surface area contributed by atoms with E-state index in [1.807, 2.05) is 38.7 Å². The molecule has 0 radical (unpaired) electrons. The molecule has 0 N–H and O–H groups in total. The van der Waals surface area contributed by atoms with Gasteiger partial charge in [-0.1, -0.05) is 44.6 Å². The van der Waals surface area contributed by atoms with Crippen molar-refractivity contribution in [2.45, 2.75) is 53.9 Å². The Labute approximate surface area is 241 Å². The van der Waals surface area contributed by atoms with E-state index >= 15 is 0 Å². The summed E-state index contributed by atoms with van der Waals surface area (Å²) in [5, 5.41) is 8.21. The molecule has 0 spiro atoms. The highest BCUT2D eigenvalue weighted by atomic mass is 19.1. The Morgan fingerprint density at radius 3 is 2.54 bits per heavy atom. The second-order valence-electron chi connectivity index (χ2n) is 9.68. The minimum Gasteiger partial charge on any atom is -0.335 e. The highest BCUT2D eigenvalue weighted by Crippen LogP contribution is 2.33. The highest BCUT2D eigenvalue weighted by molar-refractivity contribution is 5.94. The van der Waals surface area contributed by atoms with Crippen LogP contribution in [-0.4, -0.2) is 45.0 Å². The lowest BCUT2D eigenvalue weighted by molar-refractivity contribution is 0.0776. The maximum absolute atomic E-state index is 14.6. The summed E-state index contributed by atoms with van der Waals surface area (Å²) in [5.41, 5.74) is 1.77. The molecule has 1 aliphatic rings. The van der Waals surface area contributed by atoms with Crippen molar-refractivity contribution >= 4 is 11.6 Å². The minimum atomic E-state index is -0.654. The molecule has 0 fully saturated rings. The molecule has 0 bridgehead atoms. The third kappa shape index (κ3) is 8.25. The predicted octanol–water partition coefficient (Wildman–Crippen LogP) is 7.91. The van der Waals surface area contributed by atoms with Crippen LogP contribution in [0.1, 0.15) is 69.8 Å². The van der Waals surface area contributed by atoms with E-state index in [2.05, 4.69) is 33.2 Å². The molecule has 0 saturated heterocycles. The average Bonchev–Trinajstić information content (AvgIpc) is 3.48. The van der Waals surface area contributed by atoms with Gasteiger partial charge in [-0.25, -0.2) is 18.7 Å². The SMILES string of the molecule is CC.CCN=N/C(=C\[C@@H]1CC=C(CN(CC)C(=O)c2ccc(-n3ccnc3)nc2)CCC1C)c1c(F)cccc1F. The van der Waals surface area contributed by atoms with Gasteiger partial charge in [0.2, 0.25) is 0 Å². The second-order valence-corrected chi connectivity index (χ2v) is 9.68. The first-order valence-electron chi connectivity index (χ1n) is 14.4. The molecule has 41 heavy (non-hydrogen) atoms. The molecule has 218 valence electrons. The molecule has 1 unspecified atom stereocenters. The van der Waals surface area contributed by atoms with Gasteiger partial charge in [0.15, 0.2) is 0 Å². The number of imidazole rings is 1. The summed E-state index contributed by atoms with van der Waals surface area (Å²) in [6.07, 6.45) is 13.2. The van der Waals surface area contributed by atoms with Crippen LogP contribution >= 0.6 is 0 Å². The number of benzene rings is 1. The van der Waals surface area contributed by atoms with Crippen molar-refractivity contribution in [2.75, 3.05) is 19.6 Å². The fraction of sp³-hybridized carbons (Fsp3) is 0.406. The zero-order valence-corrected chi connectivity index (χ0v) is 24.6. The number of carbonyl (C=O) groups is 1. The van der Waals surface area contributed by atoms with Gasteiger partial charge in [0.1, 0.15) is 23.8 Å². The fourth-order valence-electron chi connectivity index (χ4n) is 4.71. The van der Waals surface area contributed by atoms with E-state index in [1.165, 1.54) is 23.8 Å². The molecule has 0 saturated carbocycles. The maximum Gasteiger partial charge on any atom is 0.255 e. The Kier molecular flexibility index (Phi) is 12.1. The van der Waals surface area contributed by atoms with E-state index in [0.717, 1.165) is 12.8 Å². The van der Waals surface area contributed by atoms with Crippen molar-refractivity contribution in [1.29, 1.82) is 0 Å². The zero-order valence-electron chi connectivity index (χ0n) is 24.6. The molecule has 4 rings (SSSR count). The zero-order chi connectivity index (χ0) is 29.8. The van der Waals surface area contributed by atoms with Crippen LogP contribution < -0.4 is 0 Å². The molecular weight excluding hydrogens is 522 g/mol. The Balaban J connectivity index is 0.00000226. The Morgan fingerprint density at radius 2 is 1.93 bits per heavy atom. The monoisotopic (exact) mass is 562 g/mol. The van der Waals surface area contributed by atoms with Gasteiger partial charge >= 0.3 is 0 Å². The van der Waals surface area contributed by atoms with E-state index in [1.54, 1.807) is 41.6 Å². The molecule has 3 aromatic rings. The van der Waals surface area contributed by atoms with Crippen LogP contribution in [0.15, 0.2) is 83.2 Å². The van der Waals surface area contributed by atoms with Crippen LogP contribution in [0.3, 0.4) is 0 Å². The number of halogens is 2. The standard InChI is InChI=1S/C30H34F2N6O.C2H6/c1-4-35-36-27(29-25(31)7-6-8-26(29)32)17-23-12-11-22(10-9-21(23)3)19-37(5-2)30(39)24-13-14-28(34-18-24)38-16-15-33-20-38;1-2/h6-8,11,13-18,20-21,23H,4-5,9-10,12,19H2,1-3H3;1-2H3/b27-17-,36-35?;/t21?,23-;/m0./s1. The number of hydrogen-bond donors (Lipinski definition) is 0. The van der Waals surface area contributed by atoms with Crippen molar-refractivity contribution in [3.8, 4) is 5.82 Å². The Hall–Kier alpha value is -4.01. The van der Waals surface area contributed by atoms with Crippen molar-refractivity contribution in [2.24, 2.45) is 22.1 Å². The van der Waals surface area contributed by atoms with Crippen LogP contribution in [0.2, 0.25) is 0 Å². The van der Waals surface area contributed by atoms with Crippen LogP contribution in [0.4, 0.5) is 8.78 Å². The molecule has 7 nitrogen and oxygen atoms in total. The predicted molar refractivity (Wildman–Crippen MR) is 159 cm³/mol. The lowest BCUT2D eigenvalue weighted by Gasteiger charge is -2.22. The maximum atomic E-state index is 14.6. The lowest BCUT2D eigenvalue weighted by atomic mass is 9.88. The first kappa shape index (κ1) is 31.5. The quantitative estimate of drug-likeness (QED) is 0.196. The van der Waals surface area contributed by atoms with E-state index in [0.29, 0.717) is 37.4 Å². The number of amides is 1. The molecule has 1 aliphatic carbocycles. The van der Waals surface area contributed by atoms with Crippen LogP contribution in [-0.2, 0) is 0 Å². The number of carbonyl (C=O) groups excluding carboxylic acids is 1. The summed E-state index contributed by atoms with van der Waals surface area (Å²) in [5.74, 6) is -0.407. The van der Waals surface area contributed by atoms with Gasteiger partial charge < -0.3 is 4.90 Å². The largest absolute Gasteiger partial charge is 0.335 e. The summed E-state index contributed by atoms with van der Waals surface area (Å²) >= 11 is 0. The summed E-state index contributed by atoms with van der Waals surface area (Å²) < 4.78 is 30.9. The van der Waals surface area contributed by atoms with Gasteiger partial charge in [-0.05, 0) is 69.2 Å². The normalized spacial score (nSPS) is 17.4. The number of rotatable bonds is 9. The number of nitrogens with zero attached hydrogens (tertiary/aromatic N) is 6. The molecule has 2 heterocycles. The number of hydrogen-bond acceptors (Lipinski definition) is 5.